The predicted octanol–water partition coefficient (Wildman–Crippen LogP) is 1.10. The summed E-state index contributed by atoms with van der Waals surface area (Å²) >= 11 is 0. The van der Waals surface area contributed by atoms with Crippen LogP contribution in [0.25, 0.3) is 0 Å². The van der Waals surface area contributed by atoms with E-state index in [1.54, 1.807) is 4.57 Å². The predicted molar refractivity (Wildman–Crippen MR) is 67.4 cm³/mol. The van der Waals surface area contributed by atoms with Gasteiger partial charge in [0.1, 0.15) is 5.82 Å². The number of primary sulfonamides is 1. The van der Waals surface area contributed by atoms with Gasteiger partial charge in [-0.15, -0.1) is 10.2 Å². The van der Waals surface area contributed by atoms with Crippen molar-refractivity contribution in [3.05, 3.63) is 5.82 Å². The maximum atomic E-state index is 11.5. The van der Waals surface area contributed by atoms with Gasteiger partial charge in [0.15, 0.2) is 0 Å². The highest BCUT2D eigenvalue weighted by atomic mass is 32.2. The molecule has 0 aliphatic heterocycles. The smallest absolute Gasteiger partial charge is 0.273 e. The maximum absolute atomic E-state index is 11.5. The molecule has 0 aromatic carbocycles. The van der Waals surface area contributed by atoms with Crippen LogP contribution in [-0.4, -0.2) is 23.2 Å². The minimum Gasteiger partial charge on any atom is -0.300 e. The van der Waals surface area contributed by atoms with E-state index in [0.29, 0.717) is 12.5 Å². The molecule has 1 fully saturated rings. The molecule has 1 aromatic heterocycles. The molecule has 1 aliphatic carbocycles. The highest BCUT2D eigenvalue weighted by Gasteiger charge is 2.50. The van der Waals surface area contributed by atoms with Gasteiger partial charge in [-0.1, -0.05) is 27.7 Å². The van der Waals surface area contributed by atoms with E-state index in [4.69, 9.17) is 5.14 Å². The fraction of sp³-hybridized carbons (Fsp3) is 0.818. The third-order valence-corrected chi connectivity index (χ3v) is 4.18. The van der Waals surface area contributed by atoms with E-state index in [1.165, 1.54) is 0 Å². The van der Waals surface area contributed by atoms with Crippen LogP contribution < -0.4 is 5.14 Å². The Hall–Kier alpha value is -0.950. The molecule has 1 saturated carbocycles. The van der Waals surface area contributed by atoms with Gasteiger partial charge in [-0.2, -0.15) is 0 Å². The molecule has 7 heteroatoms. The number of aromatic nitrogens is 3. The Morgan fingerprint density at radius 2 is 2.00 bits per heavy atom. The molecule has 0 radical (unpaired) electrons. The Bertz CT molecular complexity index is 560. The lowest BCUT2D eigenvalue weighted by atomic mass is 10.1. The summed E-state index contributed by atoms with van der Waals surface area (Å²) in [5.74, 6) is 1.33. The number of hydrogen-bond donors (Lipinski definition) is 1. The summed E-state index contributed by atoms with van der Waals surface area (Å²) in [7, 11) is -3.81. The van der Waals surface area contributed by atoms with Gasteiger partial charge in [0, 0.05) is 12.5 Å². The molecule has 6 nitrogen and oxygen atoms in total. The Morgan fingerprint density at radius 1 is 1.44 bits per heavy atom. The molecular formula is C11H20N4O2S. The Labute approximate surface area is 108 Å². The molecule has 0 saturated heterocycles. The first-order chi connectivity index (χ1) is 8.13. The summed E-state index contributed by atoms with van der Waals surface area (Å²) in [6.07, 6.45) is 1.01. The minimum absolute atomic E-state index is 0.117. The zero-order valence-corrected chi connectivity index (χ0v) is 12.0. The Morgan fingerprint density at radius 3 is 2.39 bits per heavy atom. The summed E-state index contributed by atoms with van der Waals surface area (Å²) in [6.45, 7) is 8.90. The van der Waals surface area contributed by atoms with E-state index in [1.807, 2.05) is 13.8 Å². The van der Waals surface area contributed by atoms with Crippen molar-refractivity contribution in [1.29, 1.82) is 0 Å². The van der Waals surface area contributed by atoms with E-state index < -0.39 is 10.0 Å². The fourth-order valence-corrected chi connectivity index (χ4v) is 2.84. The molecule has 1 unspecified atom stereocenters. The summed E-state index contributed by atoms with van der Waals surface area (Å²) in [5.41, 5.74) is 0.178. The van der Waals surface area contributed by atoms with Crippen LogP contribution in [-0.2, 0) is 16.6 Å². The van der Waals surface area contributed by atoms with Crippen LogP contribution in [0.3, 0.4) is 0 Å². The molecule has 1 atom stereocenters. The van der Waals surface area contributed by atoms with Gasteiger partial charge in [0.05, 0.1) is 0 Å². The molecule has 1 heterocycles. The first-order valence-electron chi connectivity index (χ1n) is 6.09. The molecule has 0 amide bonds. The van der Waals surface area contributed by atoms with E-state index in [-0.39, 0.29) is 16.5 Å². The minimum atomic E-state index is -3.81. The second-order valence-electron chi connectivity index (χ2n) is 6.14. The zero-order valence-electron chi connectivity index (χ0n) is 11.2. The molecule has 1 aliphatic rings. The number of sulfonamides is 1. The lowest BCUT2D eigenvalue weighted by Crippen LogP contribution is -2.21. The van der Waals surface area contributed by atoms with Gasteiger partial charge in [0.2, 0.25) is 0 Å². The highest BCUT2D eigenvalue weighted by molar-refractivity contribution is 7.89. The third kappa shape index (κ3) is 2.42. The van der Waals surface area contributed by atoms with Gasteiger partial charge in [0.25, 0.3) is 15.2 Å². The summed E-state index contributed by atoms with van der Waals surface area (Å²) in [4.78, 5) is 0. The normalized spacial score (nSPS) is 22.4. The molecule has 1 aromatic rings. The fourth-order valence-electron chi connectivity index (χ4n) is 2.21. The maximum Gasteiger partial charge on any atom is 0.273 e. The van der Waals surface area contributed by atoms with Gasteiger partial charge < -0.3 is 4.57 Å². The van der Waals surface area contributed by atoms with Crippen LogP contribution >= 0.6 is 0 Å². The van der Waals surface area contributed by atoms with Gasteiger partial charge in [-0.05, 0) is 17.8 Å². The van der Waals surface area contributed by atoms with Crippen LogP contribution in [0, 0.1) is 11.3 Å². The van der Waals surface area contributed by atoms with Crippen molar-refractivity contribution in [3.8, 4) is 0 Å². The third-order valence-electron chi connectivity index (χ3n) is 3.37. The first kappa shape index (κ1) is 13.5. The zero-order chi connectivity index (χ0) is 13.7. The van der Waals surface area contributed by atoms with Crippen molar-refractivity contribution in [3.63, 3.8) is 0 Å². The monoisotopic (exact) mass is 272 g/mol. The summed E-state index contributed by atoms with van der Waals surface area (Å²) in [6, 6.07) is 0. The number of rotatable bonds is 4. The second kappa shape index (κ2) is 4.03. The molecule has 0 bridgehead atoms. The van der Waals surface area contributed by atoms with Gasteiger partial charge in [-0.25, -0.2) is 13.6 Å². The van der Waals surface area contributed by atoms with Crippen molar-refractivity contribution in [2.45, 2.75) is 51.7 Å². The number of nitrogens with two attached hydrogens (primary N) is 1. The topological polar surface area (TPSA) is 90.9 Å². The van der Waals surface area contributed by atoms with Crippen molar-refractivity contribution in [1.82, 2.24) is 14.8 Å². The Kier molecular flexibility index (Phi) is 3.02. The average Bonchev–Trinajstić information content (AvgIpc) is 2.63. The van der Waals surface area contributed by atoms with Crippen LogP contribution in [0.1, 0.15) is 45.9 Å². The Balaban J connectivity index is 2.46. The molecule has 0 spiro atoms. The number of hydrogen-bond acceptors (Lipinski definition) is 4. The summed E-state index contributed by atoms with van der Waals surface area (Å²) < 4.78 is 24.7. The standard InChI is InChI=1S/C11H20N4O2S/c1-7(2)6-15-9(8-5-11(8,3)4)13-14-10(15)18(12,16)17/h7-8H,5-6H2,1-4H3,(H2,12,16,17). The van der Waals surface area contributed by atoms with E-state index in [2.05, 4.69) is 24.0 Å². The lowest BCUT2D eigenvalue weighted by molar-refractivity contribution is 0.462. The molecule has 102 valence electrons. The van der Waals surface area contributed by atoms with Crippen LogP contribution in [0.5, 0.6) is 0 Å². The molecule has 2 N–H and O–H groups in total. The van der Waals surface area contributed by atoms with Crippen molar-refractivity contribution >= 4 is 10.0 Å². The lowest BCUT2D eigenvalue weighted by Gasteiger charge is -2.12. The van der Waals surface area contributed by atoms with Crippen molar-refractivity contribution < 1.29 is 8.42 Å². The number of nitrogens with zero attached hydrogens (tertiary/aromatic N) is 3. The van der Waals surface area contributed by atoms with E-state index >= 15 is 0 Å². The van der Waals surface area contributed by atoms with Gasteiger partial charge >= 0.3 is 0 Å². The summed E-state index contributed by atoms with van der Waals surface area (Å²) in [5, 5.41) is 12.9. The quantitative estimate of drug-likeness (QED) is 0.888. The SMILES string of the molecule is CC(C)Cn1c(C2CC2(C)C)nnc1S(N)(=O)=O. The largest absolute Gasteiger partial charge is 0.300 e. The average molecular weight is 272 g/mol. The second-order valence-corrected chi connectivity index (χ2v) is 7.59. The van der Waals surface area contributed by atoms with Crippen molar-refractivity contribution in [2.75, 3.05) is 0 Å². The molecule has 18 heavy (non-hydrogen) atoms. The highest BCUT2D eigenvalue weighted by Crippen LogP contribution is 2.58. The molecule has 2 rings (SSSR count). The van der Waals surface area contributed by atoms with Crippen LogP contribution in [0.4, 0.5) is 0 Å². The first-order valence-corrected chi connectivity index (χ1v) is 7.63. The van der Waals surface area contributed by atoms with Crippen molar-refractivity contribution in [2.24, 2.45) is 16.5 Å². The molecular weight excluding hydrogens is 252 g/mol. The van der Waals surface area contributed by atoms with E-state index in [0.717, 1.165) is 12.2 Å². The van der Waals surface area contributed by atoms with E-state index in [9.17, 15) is 8.42 Å². The van der Waals surface area contributed by atoms with Crippen LogP contribution in [0.15, 0.2) is 5.16 Å². The van der Waals surface area contributed by atoms with Crippen LogP contribution in [0.2, 0.25) is 0 Å². The van der Waals surface area contributed by atoms with Gasteiger partial charge in [-0.3, -0.25) is 0 Å².